The molecule has 0 aliphatic heterocycles. The Morgan fingerprint density at radius 3 is 1.77 bits per heavy atom. The first-order chi connectivity index (χ1) is 27.4. The van der Waals surface area contributed by atoms with Gasteiger partial charge >= 0.3 is 11.9 Å². The molecule has 0 aliphatic carbocycles. The summed E-state index contributed by atoms with van der Waals surface area (Å²) in [4.78, 5) is 37.5. The number of esters is 2. The minimum absolute atomic E-state index is 0.0551. The van der Waals surface area contributed by atoms with Crippen LogP contribution in [0.15, 0.2) is 85.1 Å². The number of hydrogen-bond donors (Lipinski definition) is 1. The number of carbonyl (C=O) groups is 2. The second-order valence-corrected chi connectivity index (χ2v) is 16.6. The van der Waals surface area contributed by atoms with Crippen LogP contribution in [0.3, 0.4) is 0 Å². The quantitative estimate of drug-likeness (QED) is 0.0162. The zero-order chi connectivity index (χ0) is 42.3. The van der Waals surface area contributed by atoms with Crippen LogP contribution >= 0.6 is 7.82 Å². The molecule has 0 rings (SSSR count). The molecule has 57 heavy (non-hydrogen) atoms. The lowest BCUT2D eigenvalue weighted by Gasteiger charge is -2.28. The standard InChI is InChI=1S/C46H78NO9P/c1-6-8-9-10-11-12-13-14-15-19-22-25-28-31-34-37-45(49)53-41-44(42-55-57(51,52)54-40-39-47(3,4)5)56-46(50)38-35-32-29-26-23-20-17-16-18-21-24-27-30-33-36-43(48)7-2/h11-12,14-15,17-18,20-21,26-27,29-30,33,36,43-44,48H,6-10,13,16,19,22-25,28,31-32,34-35,37-42H2,1-5H3/b12-11-,15-14-,20-17-,21-18-,29-26-,30-27-,36-33+/t43-,44-/m1/s1. The largest absolute Gasteiger partial charge is 0.756 e. The summed E-state index contributed by atoms with van der Waals surface area (Å²) in [6.07, 6.45) is 44.2. The van der Waals surface area contributed by atoms with Gasteiger partial charge in [0, 0.05) is 12.8 Å². The Morgan fingerprint density at radius 1 is 0.649 bits per heavy atom. The summed E-state index contributed by atoms with van der Waals surface area (Å²) in [5.41, 5.74) is 0. The lowest BCUT2D eigenvalue weighted by atomic mass is 10.1. The number of aliphatic hydroxyl groups is 1. The SMILES string of the molecule is CCCCC/C=C\C/C=C\CCCCCCCC(=O)OC[C@H](COP(=O)([O-])OCC[N+](C)(C)C)OC(=O)CCC/C=C\C/C=C\C/C=C\C/C=C\C=C\[C@H](O)CC. The van der Waals surface area contributed by atoms with Crippen LogP contribution in [0.5, 0.6) is 0 Å². The summed E-state index contributed by atoms with van der Waals surface area (Å²) in [5.74, 6) is -0.948. The second-order valence-electron chi connectivity index (χ2n) is 15.2. The first-order valence-corrected chi connectivity index (χ1v) is 22.9. The van der Waals surface area contributed by atoms with Gasteiger partial charge in [0.1, 0.15) is 19.8 Å². The summed E-state index contributed by atoms with van der Waals surface area (Å²) < 4.78 is 33.7. The van der Waals surface area contributed by atoms with E-state index in [2.05, 4.69) is 55.5 Å². The van der Waals surface area contributed by atoms with E-state index in [1.54, 1.807) is 6.08 Å². The number of ether oxygens (including phenoxy) is 2. The first kappa shape index (κ1) is 54.2. The van der Waals surface area contributed by atoms with Gasteiger partial charge in [0.15, 0.2) is 6.10 Å². The van der Waals surface area contributed by atoms with Gasteiger partial charge in [-0.1, -0.05) is 131 Å². The summed E-state index contributed by atoms with van der Waals surface area (Å²) in [6, 6.07) is 0. The molecule has 0 heterocycles. The van der Waals surface area contributed by atoms with Crippen molar-refractivity contribution in [1.29, 1.82) is 0 Å². The van der Waals surface area contributed by atoms with Gasteiger partial charge in [-0.2, -0.15) is 0 Å². The number of quaternary nitrogens is 1. The smallest absolute Gasteiger partial charge is 0.306 e. The molecule has 0 spiro atoms. The third-order valence-electron chi connectivity index (χ3n) is 8.56. The van der Waals surface area contributed by atoms with E-state index in [1.165, 1.54) is 25.7 Å². The molecule has 0 fully saturated rings. The van der Waals surface area contributed by atoms with Crippen molar-refractivity contribution >= 4 is 19.8 Å². The summed E-state index contributed by atoms with van der Waals surface area (Å²) >= 11 is 0. The van der Waals surface area contributed by atoms with Crippen molar-refractivity contribution < 1.29 is 47.2 Å². The number of likely N-dealkylation sites (N-methyl/N-ethyl adjacent to an activating group) is 1. The van der Waals surface area contributed by atoms with Gasteiger partial charge in [-0.15, -0.1) is 0 Å². The Hall–Kier alpha value is -2.85. The maximum absolute atomic E-state index is 12.6. The van der Waals surface area contributed by atoms with Crippen molar-refractivity contribution in [3.05, 3.63) is 85.1 Å². The predicted octanol–water partition coefficient (Wildman–Crippen LogP) is 10.4. The fraction of sp³-hybridized carbons (Fsp3) is 0.652. The van der Waals surface area contributed by atoms with E-state index in [-0.39, 0.29) is 32.2 Å². The van der Waals surface area contributed by atoms with Gasteiger partial charge in [-0.3, -0.25) is 14.2 Å². The molecule has 10 nitrogen and oxygen atoms in total. The third kappa shape index (κ3) is 41.1. The maximum atomic E-state index is 12.6. The van der Waals surface area contributed by atoms with Gasteiger partial charge in [0.05, 0.1) is 33.9 Å². The molecule has 1 unspecified atom stereocenters. The van der Waals surface area contributed by atoms with Crippen molar-refractivity contribution in [3.63, 3.8) is 0 Å². The van der Waals surface area contributed by atoms with Crippen LogP contribution in [0, 0.1) is 0 Å². The van der Waals surface area contributed by atoms with Crippen molar-refractivity contribution in [2.24, 2.45) is 0 Å². The van der Waals surface area contributed by atoms with Crippen molar-refractivity contribution in [3.8, 4) is 0 Å². The molecule has 1 N–H and O–H groups in total. The Balaban J connectivity index is 4.54. The number of nitrogens with zero attached hydrogens (tertiary/aromatic N) is 1. The highest BCUT2D eigenvalue weighted by Crippen LogP contribution is 2.38. The van der Waals surface area contributed by atoms with Crippen LogP contribution in [0.1, 0.15) is 136 Å². The van der Waals surface area contributed by atoms with Crippen LogP contribution < -0.4 is 4.89 Å². The molecule has 0 saturated heterocycles. The predicted molar refractivity (Wildman–Crippen MR) is 232 cm³/mol. The molecule has 0 aliphatic rings. The van der Waals surface area contributed by atoms with Gasteiger partial charge in [0.2, 0.25) is 0 Å². The first-order valence-electron chi connectivity index (χ1n) is 21.4. The normalized spacial score (nSPS) is 15.0. The molecule has 0 bridgehead atoms. The number of phosphoric acid groups is 1. The number of allylic oxidation sites excluding steroid dienone is 13. The highest BCUT2D eigenvalue weighted by molar-refractivity contribution is 7.45. The van der Waals surface area contributed by atoms with Crippen LogP contribution in [-0.4, -0.2) is 81.2 Å². The average molecular weight is 820 g/mol. The maximum Gasteiger partial charge on any atom is 0.306 e. The highest BCUT2D eigenvalue weighted by Gasteiger charge is 2.21. The van der Waals surface area contributed by atoms with Crippen LogP contribution in [0.25, 0.3) is 0 Å². The van der Waals surface area contributed by atoms with Gasteiger partial charge < -0.3 is 33.0 Å². The number of aliphatic hydroxyl groups excluding tert-OH is 1. The topological polar surface area (TPSA) is 131 Å². The molecular formula is C46H78NO9P. The lowest BCUT2D eigenvalue weighted by Crippen LogP contribution is -2.37. The number of carbonyl (C=O) groups excluding carboxylic acids is 2. The van der Waals surface area contributed by atoms with E-state index >= 15 is 0 Å². The van der Waals surface area contributed by atoms with Gasteiger partial charge in [0.25, 0.3) is 7.82 Å². The van der Waals surface area contributed by atoms with E-state index in [1.807, 2.05) is 58.4 Å². The van der Waals surface area contributed by atoms with Crippen LogP contribution in [0.2, 0.25) is 0 Å². The lowest BCUT2D eigenvalue weighted by molar-refractivity contribution is -0.870. The molecule has 326 valence electrons. The summed E-state index contributed by atoms with van der Waals surface area (Å²) in [7, 11) is 1.08. The minimum atomic E-state index is -4.66. The Labute approximate surface area is 346 Å². The van der Waals surface area contributed by atoms with Crippen molar-refractivity contribution in [1.82, 2.24) is 0 Å². The van der Waals surface area contributed by atoms with Crippen LogP contribution in [0.4, 0.5) is 0 Å². The zero-order valence-corrected chi connectivity index (χ0v) is 37.0. The Kier molecular flexibility index (Phi) is 35.6. The third-order valence-corrected chi connectivity index (χ3v) is 9.52. The second kappa shape index (κ2) is 37.4. The number of rotatable bonds is 37. The van der Waals surface area contributed by atoms with E-state index < -0.39 is 32.5 Å². The molecule has 0 aromatic heterocycles. The number of unbranched alkanes of at least 4 members (excludes halogenated alkanes) is 9. The van der Waals surface area contributed by atoms with E-state index in [0.29, 0.717) is 36.7 Å². The minimum Gasteiger partial charge on any atom is -0.756 e. The average Bonchev–Trinajstić information content (AvgIpc) is 3.16. The summed E-state index contributed by atoms with van der Waals surface area (Å²) in [6.45, 7) is 3.74. The van der Waals surface area contributed by atoms with E-state index in [0.717, 1.165) is 57.8 Å². The molecule has 0 aromatic rings. The van der Waals surface area contributed by atoms with Crippen LogP contribution in [-0.2, 0) is 32.7 Å². The molecular weight excluding hydrogens is 741 g/mol. The monoisotopic (exact) mass is 820 g/mol. The molecule has 0 aromatic carbocycles. The van der Waals surface area contributed by atoms with Gasteiger partial charge in [-0.25, -0.2) is 0 Å². The number of hydrogen-bond acceptors (Lipinski definition) is 9. The van der Waals surface area contributed by atoms with E-state index in [4.69, 9.17) is 18.5 Å². The molecule has 11 heteroatoms. The Morgan fingerprint density at radius 2 is 1.18 bits per heavy atom. The fourth-order valence-corrected chi connectivity index (χ4v) is 5.75. The number of phosphoric ester groups is 1. The van der Waals surface area contributed by atoms with Gasteiger partial charge in [-0.05, 0) is 77.0 Å². The summed E-state index contributed by atoms with van der Waals surface area (Å²) in [5, 5.41) is 9.48. The molecule has 3 atom stereocenters. The molecule has 0 radical (unpaired) electrons. The Bertz CT molecular complexity index is 1260. The van der Waals surface area contributed by atoms with Crippen molar-refractivity contribution in [2.75, 3.05) is 47.5 Å². The van der Waals surface area contributed by atoms with Crippen molar-refractivity contribution in [2.45, 2.75) is 148 Å². The van der Waals surface area contributed by atoms with E-state index in [9.17, 15) is 24.2 Å². The zero-order valence-electron chi connectivity index (χ0n) is 36.1. The fourth-order valence-electron chi connectivity index (χ4n) is 5.02. The highest BCUT2D eigenvalue weighted by atomic mass is 31.2. The molecule has 0 saturated carbocycles. The molecule has 0 amide bonds.